The van der Waals surface area contributed by atoms with Gasteiger partial charge in [0.25, 0.3) is 0 Å². The van der Waals surface area contributed by atoms with Gasteiger partial charge in [0.2, 0.25) is 6.41 Å². The van der Waals surface area contributed by atoms with Crippen LogP contribution in [-0.2, 0) is 14.3 Å². The summed E-state index contributed by atoms with van der Waals surface area (Å²) in [6.45, 7) is -0.225. The zero-order valence-electron chi connectivity index (χ0n) is 8.21. The van der Waals surface area contributed by atoms with Gasteiger partial charge in [-0.05, 0) is 12.1 Å². The number of esters is 1. The normalized spacial score (nSPS) is 9.40. The van der Waals surface area contributed by atoms with Crippen molar-refractivity contribution >= 4 is 18.1 Å². The number of para-hydroxylation sites is 2. The molecule has 0 heterocycles. The quantitative estimate of drug-likeness (QED) is 0.580. The number of nitrogens with zero attached hydrogens (tertiary/aromatic N) is 1. The van der Waals surface area contributed by atoms with Gasteiger partial charge in [0.1, 0.15) is 12.3 Å². The Bertz CT molecular complexity index is 364. The van der Waals surface area contributed by atoms with Gasteiger partial charge in [-0.25, -0.2) is 0 Å². The molecule has 5 nitrogen and oxygen atoms in total. The van der Waals surface area contributed by atoms with Crippen LogP contribution in [0, 0.1) is 0 Å². The van der Waals surface area contributed by atoms with Gasteiger partial charge in [0, 0.05) is 0 Å². The van der Waals surface area contributed by atoms with E-state index in [4.69, 9.17) is 0 Å². The third-order valence-corrected chi connectivity index (χ3v) is 1.85. The number of methoxy groups -OCH3 is 1. The van der Waals surface area contributed by atoms with E-state index < -0.39 is 5.97 Å². The third kappa shape index (κ3) is 2.70. The third-order valence-electron chi connectivity index (χ3n) is 1.85. The lowest BCUT2D eigenvalue weighted by molar-refractivity contribution is -0.139. The number of carbonyl (C=O) groups excluding carboxylic acids is 2. The lowest BCUT2D eigenvalue weighted by Gasteiger charge is -2.16. The van der Waals surface area contributed by atoms with Crippen LogP contribution in [0.15, 0.2) is 24.3 Å². The molecular formula is C10H11NO4. The zero-order valence-corrected chi connectivity index (χ0v) is 8.21. The molecule has 0 aliphatic rings. The maximum absolute atomic E-state index is 11.0. The van der Waals surface area contributed by atoms with Crippen LogP contribution in [0.2, 0.25) is 0 Å². The van der Waals surface area contributed by atoms with Gasteiger partial charge in [-0.2, -0.15) is 0 Å². The molecule has 0 unspecified atom stereocenters. The Kier molecular flexibility index (Phi) is 3.68. The van der Waals surface area contributed by atoms with Crippen LogP contribution < -0.4 is 4.90 Å². The number of benzene rings is 1. The van der Waals surface area contributed by atoms with Gasteiger partial charge >= 0.3 is 5.97 Å². The Morgan fingerprint density at radius 1 is 1.53 bits per heavy atom. The van der Waals surface area contributed by atoms with Crippen LogP contribution in [0.5, 0.6) is 5.75 Å². The molecule has 1 aromatic rings. The van der Waals surface area contributed by atoms with Gasteiger partial charge < -0.3 is 14.7 Å². The first-order chi connectivity index (χ1) is 7.19. The smallest absolute Gasteiger partial charge is 0.325 e. The van der Waals surface area contributed by atoms with Crippen LogP contribution >= 0.6 is 0 Å². The lowest BCUT2D eigenvalue weighted by Crippen LogP contribution is -2.29. The Labute approximate surface area is 86.9 Å². The number of anilines is 1. The van der Waals surface area contributed by atoms with Gasteiger partial charge in [-0.3, -0.25) is 9.59 Å². The van der Waals surface area contributed by atoms with Gasteiger partial charge in [-0.1, -0.05) is 12.1 Å². The van der Waals surface area contributed by atoms with E-state index in [1.165, 1.54) is 19.2 Å². The second-order valence-electron chi connectivity index (χ2n) is 2.80. The van der Waals surface area contributed by atoms with E-state index in [9.17, 15) is 14.7 Å². The number of amides is 1. The summed E-state index contributed by atoms with van der Waals surface area (Å²) in [6.07, 6.45) is 0.464. The second-order valence-corrected chi connectivity index (χ2v) is 2.80. The average Bonchev–Trinajstić information content (AvgIpc) is 2.26. The topological polar surface area (TPSA) is 66.8 Å². The molecule has 5 heteroatoms. The maximum Gasteiger partial charge on any atom is 0.325 e. The number of hydrogen-bond donors (Lipinski definition) is 1. The Morgan fingerprint density at radius 2 is 2.20 bits per heavy atom. The lowest BCUT2D eigenvalue weighted by atomic mass is 10.2. The predicted octanol–water partition coefficient (Wildman–Crippen LogP) is 0.528. The van der Waals surface area contributed by atoms with E-state index in [0.717, 1.165) is 4.90 Å². The number of phenols is 1. The van der Waals surface area contributed by atoms with Gasteiger partial charge in [-0.15, -0.1) is 0 Å². The molecular weight excluding hydrogens is 198 g/mol. The van der Waals surface area contributed by atoms with Crippen LogP contribution in [0.1, 0.15) is 0 Å². The molecule has 15 heavy (non-hydrogen) atoms. The summed E-state index contributed by atoms with van der Waals surface area (Å²) in [5.74, 6) is -0.612. The van der Waals surface area contributed by atoms with Crippen molar-refractivity contribution in [1.29, 1.82) is 0 Å². The number of rotatable bonds is 4. The summed E-state index contributed by atoms with van der Waals surface area (Å²) in [7, 11) is 1.23. The molecule has 1 rings (SSSR count). The van der Waals surface area contributed by atoms with Crippen molar-refractivity contribution in [3.63, 3.8) is 0 Å². The SMILES string of the molecule is COC(=O)CN(C=O)c1ccccc1O. The number of phenolic OH excluding ortho intramolecular Hbond substituents is 1. The fourth-order valence-corrected chi connectivity index (χ4v) is 1.09. The average molecular weight is 209 g/mol. The summed E-state index contributed by atoms with van der Waals surface area (Å²) in [5.41, 5.74) is 0.276. The van der Waals surface area contributed by atoms with Crippen LogP contribution in [0.25, 0.3) is 0 Å². The van der Waals surface area contributed by atoms with E-state index in [2.05, 4.69) is 4.74 Å². The van der Waals surface area contributed by atoms with E-state index in [1.807, 2.05) is 0 Å². The molecule has 0 bridgehead atoms. The molecule has 0 radical (unpaired) electrons. The van der Waals surface area contributed by atoms with Crippen LogP contribution in [-0.4, -0.2) is 31.1 Å². The number of aromatic hydroxyl groups is 1. The minimum absolute atomic E-state index is 0.0616. The highest BCUT2D eigenvalue weighted by molar-refractivity contribution is 5.87. The fraction of sp³-hybridized carbons (Fsp3) is 0.200. The predicted molar refractivity (Wildman–Crippen MR) is 53.5 cm³/mol. The Hall–Kier alpha value is -2.04. The van der Waals surface area contributed by atoms with E-state index in [1.54, 1.807) is 12.1 Å². The Morgan fingerprint density at radius 3 is 2.73 bits per heavy atom. The van der Waals surface area contributed by atoms with Crippen molar-refractivity contribution in [2.24, 2.45) is 0 Å². The van der Waals surface area contributed by atoms with Crippen molar-refractivity contribution in [2.45, 2.75) is 0 Å². The maximum atomic E-state index is 11.0. The summed E-state index contributed by atoms with van der Waals surface area (Å²) in [5, 5.41) is 9.44. The Balaban J connectivity index is 2.88. The number of ether oxygens (including phenoxy) is 1. The molecule has 0 fully saturated rings. The minimum Gasteiger partial charge on any atom is -0.506 e. The highest BCUT2D eigenvalue weighted by atomic mass is 16.5. The molecule has 0 aromatic heterocycles. The zero-order chi connectivity index (χ0) is 11.3. The fourth-order valence-electron chi connectivity index (χ4n) is 1.09. The van der Waals surface area contributed by atoms with E-state index in [-0.39, 0.29) is 18.0 Å². The molecule has 1 amide bonds. The first-order valence-corrected chi connectivity index (χ1v) is 4.25. The minimum atomic E-state index is -0.551. The van der Waals surface area contributed by atoms with E-state index >= 15 is 0 Å². The van der Waals surface area contributed by atoms with Crippen LogP contribution in [0.3, 0.4) is 0 Å². The number of carbonyl (C=O) groups is 2. The van der Waals surface area contributed by atoms with E-state index in [0.29, 0.717) is 6.41 Å². The van der Waals surface area contributed by atoms with Crippen LogP contribution in [0.4, 0.5) is 5.69 Å². The highest BCUT2D eigenvalue weighted by Crippen LogP contribution is 2.24. The molecule has 0 aliphatic carbocycles. The largest absolute Gasteiger partial charge is 0.506 e. The van der Waals surface area contributed by atoms with Crippen molar-refractivity contribution in [3.8, 4) is 5.75 Å². The van der Waals surface area contributed by atoms with Crippen molar-refractivity contribution in [2.75, 3.05) is 18.6 Å². The van der Waals surface area contributed by atoms with Crippen molar-refractivity contribution in [3.05, 3.63) is 24.3 Å². The molecule has 1 N–H and O–H groups in total. The standard InChI is InChI=1S/C10H11NO4/c1-15-10(14)6-11(7-12)8-4-2-3-5-9(8)13/h2-5,7,13H,6H2,1H3. The molecule has 0 atom stereocenters. The van der Waals surface area contributed by atoms with Gasteiger partial charge in [0.05, 0.1) is 12.8 Å². The first-order valence-electron chi connectivity index (χ1n) is 4.25. The molecule has 80 valence electrons. The molecule has 0 saturated carbocycles. The highest BCUT2D eigenvalue weighted by Gasteiger charge is 2.13. The molecule has 0 saturated heterocycles. The molecule has 1 aromatic carbocycles. The molecule has 0 spiro atoms. The first kappa shape index (κ1) is 11.0. The van der Waals surface area contributed by atoms with Crippen molar-refractivity contribution in [1.82, 2.24) is 0 Å². The summed E-state index contributed by atoms with van der Waals surface area (Å²) in [6, 6.07) is 6.25. The number of hydrogen-bond acceptors (Lipinski definition) is 4. The summed E-state index contributed by atoms with van der Waals surface area (Å²) >= 11 is 0. The summed E-state index contributed by atoms with van der Waals surface area (Å²) < 4.78 is 4.42. The molecule has 0 aliphatic heterocycles. The van der Waals surface area contributed by atoms with Crippen molar-refractivity contribution < 1.29 is 19.4 Å². The van der Waals surface area contributed by atoms with Gasteiger partial charge in [0.15, 0.2) is 0 Å². The second kappa shape index (κ2) is 4.99. The summed E-state index contributed by atoms with van der Waals surface area (Å²) in [4.78, 5) is 22.7. The monoisotopic (exact) mass is 209 g/mol.